The number of nitrogens with zero attached hydrogens (tertiary/aromatic N) is 3. The van der Waals surface area contributed by atoms with Gasteiger partial charge in [0, 0.05) is 39.2 Å². The van der Waals surface area contributed by atoms with E-state index in [1.807, 2.05) is 42.6 Å². The van der Waals surface area contributed by atoms with Gasteiger partial charge in [0.1, 0.15) is 23.3 Å². The van der Waals surface area contributed by atoms with Crippen LogP contribution in [0.25, 0.3) is 65.9 Å². The SMILES string of the molecule is c1ccc(C2=NC(c3ccccc3)NC(c3ccccc3-c3cnc(-c4ccc5ccccc5c4)c4oc5cc6ccccc6cc5c34)=N2)cc1. The van der Waals surface area contributed by atoms with Gasteiger partial charge in [0.2, 0.25) is 0 Å². The second kappa shape index (κ2) is 11.9. The van der Waals surface area contributed by atoms with Crippen molar-refractivity contribution in [1.29, 1.82) is 0 Å². The van der Waals surface area contributed by atoms with E-state index in [2.05, 4.69) is 133 Å². The Morgan fingerprint density at radius 1 is 0.529 bits per heavy atom. The number of furan rings is 1. The third-order valence-electron chi connectivity index (χ3n) is 9.75. The maximum atomic E-state index is 6.83. The molecule has 0 bridgehead atoms. The van der Waals surface area contributed by atoms with Gasteiger partial charge in [-0.1, -0.05) is 146 Å². The van der Waals surface area contributed by atoms with Crippen LogP contribution in [0.3, 0.4) is 0 Å². The van der Waals surface area contributed by atoms with Gasteiger partial charge in [-0.2, -0.15) is 0 Å². The Morgan fingerprint density at radius 3 is 1.96 bits per heavy atom. The average molecular weight is 655 g/mol. The molecule has 240 valence electrons. The molecule has 0 saturated heterocycles. The Labute approximate surface area is 294 Å². The van der Waals surface area contributed by atoms with E-state index in [9.17, 15) is 0 Å². The largest absolute Gasteiger partial charge is 0.454 e. The molecule has 0 aliphatic carbocycles. The number of hydrogen-bond donors (Lipinski definition) is 1. The van der Waals surface area contributed by atoms with Crippen LogP contribution in [0.1, 0.15) is 22.9 Å². The minimum atomic E-state index is -0.309. The van der Waals surface area contributed by atoms with E-state index in [0.717, 1.165) is 83.0 Å². The zero-order valence-corrected chi connectivity index (χ0v) is 27.5. The topological polar surface area (TPSA) is 62.8 Å². The average Bonchev–Trinajstić information content (AvgIpc) is 3.58. The maximum absolute atomic E-state index is 6.83. The van der Waals surface area contributed by atoms with Gasteiger partial charge in [0.15, 0.2) is 11.4 Å². The van der Waals surface area contributed by atoms with Crippen LogP contribution in [0, 0.1) is 0 Å². The fourth-order valence-corrected chi connectivity index (χ4v) is 7.25. The molecule has 1 unspecified atom stereocenters. The molecule has 5 nitrogen and oxygen atoms in total. The normalized spacial score (nSPS) is 14.5. The van der Waals surface area contributed by atoms with Gasteiger partial charge in [-0.15, -0.1) is 0 Å². The molecule has 3 heterocycles. The summed E-state index contributed by atoms with van der Waals surface area (Å²) in [4.78, 5) is 15.4. The van der Waals surface area contributed by atoms with E-state index < -0.39 is 0 Å². The third kappa shape index (κ3) is 5.06. The second-order valence-corrected chi connectivity index (χ2v) is 12.9. The lowest BCUT2D eigenvalue weighted by Crippen LogP contribution is -2.33. The van der Waals surface area contributed by atoms with Gasteiger partial charge in [-0.3, -0.25) is 4.98 Å². The maximum Gasteiger partial charge on any atom is 0.162 e. The number of nitrogens with one attached hydrogen (secondary N) is 1. The number of pyridine rings is 1. The van der Waals surface area contributed by atoms with Gasteiger partial charge < -0.3 is 9.73 Å². The molecule has 0 fully saturated rings. The van der Waals surface area contributed by atoms with Crippen LogP contribution in [0.5, 0.6) is 0 Å². The Bertz CT molecular complexity index is 2840. The summed E-state index contributed by atoms with van der Waals surface area (Å²) in [6.45, 7) is 0. The third-order valence-corrected chi connectivity index (χ3v) is 9.75. The lowest BCUT2D eigenvalue weighted by atomic mass is 9.94. The summed E-state index contributed by atoms with van der Waals surface area (Å²) in [5, 5.41) is 10.4. The minimum Gasteiger partial charge on any atom is -0.454 e. The van der Waals surface area contributed by atoms with E-state index in [-0.39, 0.29) is 6.17 Å². The van der Waals surface area contributed by atoms with Crippen molar-refractivity contribution in [3.05, 3.63) is 187 Å². The Balaban J connectivity index is 1.21. The molecule has 0 saturated carbocycles. The molecule has 0 amide bonds. The van der Waals surface area contributed by atoms with Crippen LogP contribution in [0.15, 0.2) is 184 Å². The van der Waals surface area contributed by atoms with Crippen molar-refractivity contribution in [2.75, 3.05) is 0 Å². The van der Waals surface area contributed by atoms with E-state index >= 15 is 0 Å². The molecular formula is C46H30N4O. The second-order valence-electron chi connectivity index (χ2n) is 12.9. The monoisotopic (exact) mass is 654 g/mol. The molecule has 7 aromatic carbocycles. The first-order valence-electron chi connectivity index (χ1n) is 17.1. The van der Waals surface area contributed by atoms with Crippen LogP contribution in [-0.4, -0.2) is 16.7 Å². The highest BCUT2D eigenvalue weighted by atomic mass is 16.3. The Kier molecular flexibility index (Phi) is 6.81. The zero-order valence-electron chi connectivity index (χ0n) is 27.5. The van der Waals surface area contributed by atoms with Crippen molar-refractivity contribution < 1.29 is 4.42 Å². The van der Waals surface area contributed by atoms with Crippen molar-refractivity contribution in [3.8, 4) is 22.4 Å². The lowest BCUT2D eigenvalue weighted by Gasteiger charge is -2.25. The summed E-state index contributed by atoms with van der Waals surface area (Å²) in [7, 11) is 0. The van der Waals surface area contributed by atoms with Crippen molar-refractivity contribution in [2.45, 2.75) is 6.17 Å². The molecule has 1 aliphatic heterocycles. The number of benzene rings is 7. The molecule has 10 rings (SSSR count). The molecule has 1 aliphatic rings. The zero-order chi connectivity index (χ0) is 33.7. The van der Waals surface area contributed by atoms with Gasteiger partial charge in [-0.05, 0) is 50.9 Å². The van der Waals surface area contributed by atoms with E-state index in [4.69, 9.17) is 19.4 Å². The van der Waals surface area contributed by atoms with Crippen LogP contribution in [0.2, 0.25) is 0 Å². The fraction of sp³-hybridized carbons (Fsp3) is 0.0217. The molecule has 9 aromatic rings. The predicted octanol–water partition coefficient (Wildman–Crippen LogP) is 11.1. The first kappa shape index (κ1) is 29.1. The molecular weight excluding hydrogens is 625 g/mol. The number of fused-ring (bicyclic) bond motifs is 5. The molecule has 5 heteroatoms. The van der Waals surface area contributed by atoms with Gasteiger partial charge >= 0.3 is 0 Å². The lowest BCUT2D eigenvalue weighted by molar-refractivity contribution is 0.669. The summed E-state index contributed by atoms with van der Waals surface area (Å²) >= 11 is 0. The van der Waals surface area contributed by atoms with Crippen molar-refractivity contribution in [2.24, 2.45) is 9.98 Å². The molecule has 51 heavy (non-hydrogen) atoms. The number of amidine groups is 2. The number of hydrogen-bond acceptors (Lipinski definition) is 5. The Hall–Kier alpha value is -6.85. The summed E-state index contributed by atoms with van der Waals surface area (Å²) in [6.07, 6.45) is 1.69. The standard InChI is InChI=1S/C46H30N4O/c1-3-14-30(15-4-1)44-48-45(31-16-5-2-6-17-31)50-46(49-44)37-22-12-11-21-36(37)39-28-47-42(35-24-23-29-13-7-8-18-32(29)25-35)43-41(39)38-26-33-19-9-10-20-34(33)27-40(38)51-43/h1-28,44H,(H,48,49,50). The highest BCUT2D eigenvalue weighted by Gasteiger charge is 2.25. The number of aromatic nitrogens is 1. The van der Waals surface area contributed by atoms with Gasteiger partial charge in [-0.25, -0.2) is 9.98 Å². The smallest absolute Gasteiger partial charge is 0.162 e. The summed E-state index contributed by atoms with van der Waals surface area (Å²) in [5.41, 5.74) is 8.37. The quantitative estimate of drug-likeness (QED) is 0.201. The Morgan fingerprint density at radius 2 is 1.18 bits per heavy atom. The summed E-state index contributed by atoms with van der Waals surface area (Å²) in [6, 6.07) is 56.6. The van der Waals surface area contributed by atoms with E-state index in [1.165, 1.54) is 5.39 Å². The summed E-state index contributed by atoms with van der Waals surface area (Å²) in [5.74, 6) is 1.43. The highest BCUT2D eigenvalue weighted by molar-refractivity contribution is 6.21. The first-order chi connectivity index (χ1) is 25.3. The van der Waals surface area contributed by atoms with Crippen molar-refractivity contribution in [1.82, 2.24) is 10.3 Å². The fourth-order valence-electron chi connectivity index (χ4n) is 7.25. The van der Waals surface area contributed by atoms with Crippen LogP contribution < -0.4 is 5.32 Å². The van der Waals surface area contributed by atoms with Gasteiger partial charge in [0.25, 0.3) is 0 Å². The van der Waals surface area contributed by atoms with E-state index in [1.54, 1.807) is 0 Å². The van der Waals surface area contributed by atoms with Crippen molar-refractivity contribution >= 4 is 55.2 Å². The predicted molar refractivity (Wildman–Crippen MR) is 209 cm³/mol. The van der Waals surface area contributed by atoms with E-state index in [0.29, 0.717) is 5.84 Å². The van der Waals surface area contributed by atoms with Crippen LogP contribution >= 0.6 is 0 Å². The van der Waals surface area contributed by atoms with Crippen LogP contribution in [-0.2, 0) is 0 Å². The minimum absolute atomic E-state index is 0.309. The molecule has 0 radical (unpaired) electrons. The van der Waals surface area contributed by atoms with Crippen LogP contribution in [0.4, 0.5) is 0 Å². The summed E-state index contributed by atoms with van der Waals surface area (Å²) < 4.78 is 6.83. The molecule has 0 spiro atoms. The number of rotatable bonds is 5. The highest BCUT2D eigenvalue weighted by Crippen LogP contribution is 2.43. The molecule has 1 atom stereocenters. The van der Waals surface area contributed by atoms with Crippen molar-refractivity contribution in [3.63, 3.8) is 0 Å². The molecule has 2 aromatic heterocycles. The van der Waals surface area contributed by atoms with Gasteiger partial charge in [0.05, 0.1) is 0 Å². The molecule has 1 N–H and O–H groups in total. The number of aliphatic imine (C=N–C) groups is 2. The first-order valence-corrected chi connectivity index (χ1v) is 17.1.